The van der Waals surface area contributed by atoms with Gasteiger partial charge < -0.3 is 10.1 Å². The van der Waals surface area contributed by atoms with Gasteiger partial charge in [-0.3, -0.25) is 9.38 Å². The fourth-order valence-corrected chi connectivity index (χ4v) is 3.63. The lowest BCUT2D eigenvalue weighted by atomic mass is 9.82. The predicted octanol–water partition coefficient (Wildman–Crippen LogP) is 2.95. The second-order valence-corrected chi connectivity index (χ2v) is 6.34. The summed E-state index contributed by atoms with van der Waals surface area (Å²) in [5.74, 6) is 1.53. The smallest absolute Gasteiger partial charge is 0.155 e. The Bertz CT molecular complexity index is 842. The minimum absolute atomic E-state index is 0.570. The summed E-state index contributed by atoms with van der Waals surface area (Å²) in [5.41, 5.74) is 4.97. The van der Waals surface area contributed by atoms with Crippen LogP contribution >= 0.6 is 0 Å². The molecule has 0 saturated carbocycles. The van der Waals surface area contributed by atoms with Crippen LogP contribution < -0.4 is 10.1 Å². The molecule has 124 valence electrons. The van der Waals surface area contributed by atoms with Gasteiger partial charge in [-0.25, -0.2) is 4.98 Å². The number of fused-ring (bicyclic) bond motifs is 2. The SMILES string of the molecule is COc1ccc2c(c1)CCCC2CNCc1cnc2cnccn12. The molecule has 1 aliphatic carbocycles. The maximum atomic E-state index is 5.36. The number of aryl methyl sites for hydroxylation is 1. The minimum atomic E-state index is 0.570. The van der Waals surface area contributed by atoms with Gasteiger partial charge in [-0.15, -0.1) is 0 Å². The zero-order valence-corrected chi connectivity index (χ0v) is 13.9. The van der Waals surface area contributed by atoms with Crippen LogP contribution in [-0.2, 0) is 13.0 Å². The van der Waals surface area contributed by atoms with Crippen molar-refractivity contribution in [2.45, 2.75) is 31.7 Å². The first-order chi connectivity index (χ1) is 11.8. The maximum Gasteiger partial charge on any atom is 0.155 e. The molecule has 3 aromatic rings. The molecule has 0 aliphatic heterocycles. The average Bonchev–Trinajstić information content (AvgIpc) is 3.05. The summed E-state index contributed by atoms with van der Waals surface area (Å²) in [6, 6.07) is 6.51. The fraction of sp³-hybridized carbons (Fsp3) is 0.368. The van der Waals surface area contributed by atoms with Gasteiger partial charge in [-0.1, -0.05) is 6.07 Å². The highest BCUT2D eigenvalue weighted by molar-refractivity contribution is 5.39. The Balaban J connectivity index is 1.44. The van der Waals surface area contributed by atoms with Crippen molar-refractivity contribution in [1.82, 2.24) is 19.7 Å². The van der Waals surface area contributed by atoms with Crippen LogP contribution in [0.15, 0.2) is 43.0 Å². The van der Waals surface area contributed by atoms with Gasteiger partial charge in [0, 0.05) is 25.5 Å². The summed E-state index contributed by atoms with van der Waals surface area (Å²) in [4.78, 5) is 8.49. The van der Waals surface area contributed by atoms with Crippen LogP contribution in [0.25, 0.3) is 5.65 Å². The van der Waals surface area contributed by atoms with E-state index < -0.39 is 0 Å². The molecule has 0 fully saturated rings. The molecule has 5 heteroatoms. The molecule has 1 unspecified atom stereocenters. The van der Waals surface area contributed by atoms with Gasteiger partial charge >= 0.3 is 0 Å². The highest BCUT2D eigenvalue weighted by Gasteiger charge is 2.20. The summed E-state index contributed by atoms with van der Waals surface area (Å²) in [6.07, 6.45) is 11.1. The molecule has 2 aromatic heterocycles. The van der Waals surface area contributed by atoms with Gasteiger partial charge in [0.1, 0.15) is 5.75 Å². The van der Waals surface area contributed by atoms with Crippen molar-refractivity contribution in [3.8, 4) is 5.75 Å². The van der Waals surface area contributed by atoms with Crippen LogP contribution in [0.5, 0.6) is 5.75 Å². The Morgan fingerprint density at radius 1 is 1.33 bits per heavy atom. The topological polar surface area (TPSA) is 51.5 Å². The van der Waals surface area contributed by atoms with Crippen molar-refractivity contribution in [1.29, 1.82) is 0 Å². The fourth-order valence-electron chi connectivity index (χ4n) is 3.63. The highest BCUT2D eigenvalue weighted by atomic mass is 16.5. The number of nitrogens with zero attached hydrogens (tertiary/aromatic N) is 3. The number of benzene rings is 1. The molecule has 0 spiro atoms. The first-order valence-corrected chi connectivity index (χ1v) is 8.48. The van der Waals surface area contributed by atoms with E-state index in [1.807, 2.05) is 12.4 Å². The summed E-state index contributed by atoms with van der Waals surface area (Å²) >= 11 is 0. The van der Waals surface area contributed by atoms with Gasteiger partial charge in [0.15, 0.2) is 5.65 Å². The van der Waals surface area contributed by atoms with E-state index in [-0.39, 0.29) is 0 Å². The van der Waals surface area contributed by atoms with Crippen molar-refractivity contribution in [2.75, 3.05) is 13.7 Å². The number of imidazole rings is 1. The number of hydrogen-bond acceptors (Lipinski definition) is 4. The Hall–Kier alpha value is -2.40. The lowest BCUT2D eigenvalue weighted by molar-refractivity contribution is 0.412. The van der Waals surface area contributed by atoms with E-state index in [1.165, 1.54) is 24.0 Å². The van der Waals surface area contributed by atoms with Crippen LogP contribution in [0.4, 0.5) is 0 Å². The summed E-state index contributed by atoms with van der Waals surface area (Å²) in [7, 11) is 1.73. The number of ether oxygens (including phenoxy) is 1. The first-order valence-electron chi connectivity index (χ1n) is 8.48. The molecule has 0 radical (unpaired) electrons. The largest absolute Gasteiger partial charge is 0.497 e. The average molecular weight is 322 g/mol. The van der Waals surface area contributed by atoms with Crippen LogP contribution in [0.3, 0.4) is 0 Å². The number of aromatic nitrogens is 3. The molecule has 4 rings (SSSR count). The van der Waals surface area contributed by atoms with Crippen molar-refractivity contribution in [3.05, 3.63) is 59.8 Å². The van der Waals surface area contributed by atoms with Crippen LogP contribution in [0.2, 0.25) is 0 Å². The molecule has 24 heavy (non-hydrogen) atoms. The first kappa shape index (κ1) is 15.1. The minimum Gasteiger partial charge on any atom is -0.497 e. The second kappa shape index (κ2) is 6.61. The molecule has 0 saturated heterocycles. The molecule has 0 bridgehead atoms. The van der Waals surface area contributed by atoms with Crippen molar-refractivity contribution in [2.24, 2.45) is 0 Å². The predicted molar refractivity (Wildman–Crippen MR) is 93.4 cm³/mol. The third-order valence-electron chi connectivity index (χ3n) is 4.88. The molecule has 1 N–H and O–H groups in total. The third-order valence-corrected chi connectivity index (χ3v) is 4.88. The molecule has 1 atom stereocenters. The van der Waals surface area contributed by atoms with Crippen molar-refractivity contribution < 1.29 is 4.74 Å². The lowest BCUT2D eigenvalue weighted by Crippen LogP contribution is -2.24. The molecule has 2 heterocycles. The van der Waals surface area contributed by atoms with Gasteiger partial charge in [0.25, 0.3) is 0 Å². The standard InChI is InChI=1S/C19H22N4O/c1-24-17-5-6-18-14(9-17)3-2-4-15(18)10-21-11-16-12-22-19-13-20-7-8-23(16)19/h5-9,12-13,15,21H,2-4,10-11H2,1H3. The maximum absolute atomic E-state index is 5.36. The molecular formula is C19H22N4O. The van der Waals surface area contributed by atoms with Crippen LogP contribution in [0, 0.1) is 0 Å². The summed E-state index contributed by atoms with van der Waals surface area (Å²) in [5, 5.41) is 3.61. The van der Waals surface area contributed by atoms with Crippen LogP contribution in [0.1, 0.15) is 35.6 Å². The van der Waals surface area contributed by atoms with Crippen molar-refractivity contribution in [3.63, 3.8) is 0 Å². The molecule has 1 aliphatic rings. The Morgan fingerprint density at radius 2 is 2.29 bits per heavy atom. The monoisotopic (exact) mass is 322 g/mol. The van der Waals surface area contributed by atoms with E-state index >= 15 is 0 Å². The van der Waals surface area contributed by atoms with Gasteiger partial charge in [0.05, 0.1) is 25.2 Å². The van der Waals surface area contributed by atoms with E-state index in [9.17, 15) is 0 Å². The van der Waals surface area contributed by atoms with E-state index in [1.54, 1.807) is 19.5 Å². The molecular weight excluding hydrogens is 300 g/mol. The number of rotatable bonds is 5. The molecule has 0 amide bonds. The van der Waals surface area contributed by atoms with Gasteiger partial charge in [0.2, 0.25) is 0 Å². The number of methoxy groups -OCH3 is 1. The van der Waals surface area contributed by atoms with Crippen molar-refractivity contribution >= 4 is 5.65 Å². The molecule has 5 nitrogen and oxygen atoms in total. The second-order valence-electron chi connectivity index (χ2n) is 6.34. The van der Waals surface area contributed by atoms with E-state index in [2.05, 4.69) is 37.9 Å². The summed E-state index contributed by atoms with van der Waals surface area (Å²) < 4.78 is 7.44. The van der Waals surface area contributed by atoms with Crippen LogP contribution in [-0.4, -0.2) is 28.0 Å². The summed E-state index contributed by atoms with van der Waals surface area (Å²) in [6.45, 7) is 1.80. The zero-order chi connectivity index (χ0) is 16.4. The van der Waals surface area contributed by atoms with Gasteiger partial charge in [-0.05, 0) is 48.4 Å². The van der Waals surface area contributed by atoms with E-state index in [4.69, 9.17) is 4.74 Å². The molecule has 1 aromatic carbocycles. The Labute approximate surface area is 141 Å². The van der Waals surface area contributed by atoms with Gasteiger partial charge in [-0.2, -0.15) is 0 Å². The number of hydrogen-bond donors (Lipinski definition) is 1. The lowest BCUT2D eigenvalue weighted by Gasteiger charge is -2.26. The third kappa shape index (κ3) is 2.87. The zero-order valence-electron chi connectivity index (χ0n) is 13.9. The normalized spacial score (nSPS) is 17.0. The van der Waals surface area contributed by atoms with E-state index in [0.29, 0.717) is 5.92 Å². The highest BCUT2D eigenvalue weighted by Crippen LogP contribution is 2.33. The quantitative estimate of drug-likeness (QED) is 0.785. The van der Waals surface area contributed by atoms with E-state index in [0.717, 1.165) is 36.6 Å². The number of nitrogens with one attached hydrogen (secondary N) is 1. The Morgan fingerprint density at radius 3 is 3.21 bits per heavy atom. The Kier molecular flexibility index (Phi) is 4.17.